The van der Waals surface area contributed by atoms with E-state index in [4.69, 9.17) is 0 Å². The highest BCUT2D eigenvalue weighted by atomic mass is 16.1. The van der Waals surface area contributed by atoms with Crippen LogP contribution in [0.25, 0.3) is 11.2 Å². The fourth-order valence-electron chi connectivity index (χ4n) is 3.61. The Morgan fingerprint density at radius 1 is 1.13 bits per heavy atom. The summed E-state index contributed by atoms with van der Waals surface area (Å²) in [6, 6.07) is 7.58. The van der Waals surface area contributed by atoms with Gasteiger partial charge in [-0.1, -0.05) is 6.92 Å². The molecule has 0 aliphatic carbocycles. The summed E-state index contributed by atoms with van der Waals surface area (Å²) in [7, 11) is 1.60. The molecule has 0 unspecified atom stereocenters. The van der Waals surface area contributed by atoms with Crippen molar-refractivity contribution >= 4 is 22.8 Å². The number of aryl methyl sites for hydroxylation is 1. The molecular weight excluding hydrogens is 382 g/mol. The smallest absolute Gasteiger partial charge is 0.271 e. The van der Waals surface area contributed by atoms with Crippen LogP contribution in [0.4, 0.5) is 5.69 Å². The number of carbonyl (C=O) groups excluding carboxylic acids is 1. The van der Waals surface area contributed by atoms with Gasteiger partial charge in [-0.15, -0.1) is 0 Å². The van der Waals surface area contributed by atoms with Gasteiger partial charge >= 0.3 is 0 Å². The van der Waals surface area contributed by atoms with E-state index in [1.165, 1.54) is 0 Å². The first kappa shape index (κ1) is 20.0. The molecule has 4 heterocycles. The summed E-state index contributed by atoms with van der Waals surface area (Å²) in [6.07, 6.45) is 2.35. The SMILES string of the molecule is CCc1nc2ccc(CN3CCN(c4ccc(C(=O)NC)nc4)CC3)nc2[nH]c1=O. The number of carbonyl (C=O) groups is 1. The highest BCUT2D eigenvalue weighted by Crippen LogP contribution is 2.17. The molecule has 1 saturated heterocycles. The molecule has 0 spiro atoms. The molecular formula is C21H25N7O2. The van der Waals surface area contributed by atoms with Crippen molar-refractivity contribution in [1.82, 2.24) is 30.2 Å². The van der Waals surface area contributed by atoms with Gasteiger partial charge in [-0.05, 0) is 30.7 Å². The molecule has 0 aromatic carbocycles. The number of anilines is 1. The zero-order chi connectivity index (χ0) is 21.1. The average molecular weight is 407 g/mol. The number of pyridine rings is 2. The molecule has 1 aliphatic rings. The normalized spacial score (nSPS) is 14.8. The topological polar surface area (TPSA) is 107 Å². The Kier molecular flexibility index (Phi) is 5.71. The van der Waals surface area contributed by atoms with Crippen molar-refractivity contribution in [3.63, 3.8) is 0 Å². The fourth-order valence-corrected chi connectivity index (χ4v) is 3.61. The van der Waals surface area contributed by atoms with E-state index in [0.29, 0.717) is 29.0 Å². The Morgan fingerprint density at radius 3 is 2.60 bits per heavy atom. The largest absolute Gasteiger partial charge is 0.368 e. The molecule has 9 heteroatoms. The Labute approximate surface area is 174 Å². The maximum atomic E-state index is 12.0. The van der Waals surface area contributed by atoms with Crippen LogP contribution >= 0.6 is 0 Å². The van der Waals surface area contributed by atoms with Gasteiger partial charge in [-0.25, -0.2) is 15.0 Å². The van der Waals surface area contributed by atoms with Crippen LogP contribution in [0.1, 0.15) is 28.8 Å². The van der Waals surface area contributed by atoms with Crippen molar-refractivity contribution < 1.29 is 4.79 Å². The molecule has 2 N–H and O–H groups in total. The number of piperazine rings is 1. The minimum atomic E-state index is -0.184. The van der Waals surface area contributed by atoms with Gasteiger partial charge in [0.15, 0.2) is 5.65 Å². The fraction of sp³-hybridized carbons (Fsp3) is 0.381. The van der Waals surface area contributed by atoms with Gasteiger partial charge in [-0.2, -0.15) is 0 Å². The van der Waals surface area contributed by atoms with Gasteiger partial charge in [0.2, 0.25) is 0 Å². The Bertz CT molecular complexity index is 1100. The van der Waals surface area contributed by atoms with Crippen LogP contribution in [0.15, 0.2) is 35.3 Å². The summed E-state index contributed by atoms with van der Waals surface area (Å²) in [6.45, 7) is 6.15. The number of aromatic amines is 1. The van der Waals surface area contributed by atoms with Crippen LogP contribution in [-0.2, 0) is 13.0 Å². The maximum absolute atomic E-state index is 12.0. The van der Waals surface area contributed by atoms with Gasteiger partial charge in [0.05, 0.1) is 17.6 Å². The lowest BCUT2D eigenvalue weighted by molar-refractivity contribution is 0.0958. The van der Waals surface area contributed by atoms with E-state index in [1.54, 1.807) is 19.3 Å². The Morgan fingerprint density at radius 2 is 1.93 bits per heavy atom. The molecule has 156 valence electrons. The van der Waals surface area contributed by atoms with Gasteiger partial charge in [0.25, 0.3) is 11.5 Å². The Hall–Kier alpha value is -3.33. The van der Waals surface area contributed by atoms with E-state index in [2.05, 4.69) is 35.1 Å². The van der Waals surface area contributed by atoms with Gasteiger partial charge < -0.3 is 15.2 Å². The zero-order valence-corrected chi connectivity index (χ0v) is 17.2. The first-order valence-corrected chi connectivity index (χ1v) is 10.1. The predicted octanol–water partition coefficient (Wildman–Crippen LogP) is 0.957. The van der Waals surface area contributed by atoms with E-state index in [0.717, 1.165) is 44.1 Å². The minimum absolute atomic E-state index is 0.167. The monoisotopic (exact) mass is 407 g/mol. The van der Waals surface area contributed by atoms with Crippen LogP contribution in [0, 0.1) is 0 Å². The molecule has 9 nitrogen and oxygen atoms in total. The van der Waals surface area contributed by atoms with E-state index < -0.39 is 0 Å². The van der Waals surface area contributed by atoms with Crippen LogP contribution in [0.2, 0.25) is 0 Å². The Balaban J connectivity index is 1.38. The van der Waals surface area contributed by atoms with Crippen LogP contribution in [0.3, 0.4) is 0 Å². The number of hydrogen-bond donors (Lipinski definition) is 2. The lowest BCUT2D eigenvalue weighted by atomic mass is 10.2. The first-order valence-electron chi connectivity index (χ1n) is 10.1. The average Bonchev–Trinajstić information content (AvgIpc) is 2.78. The van der Waals surface area contributed by atoms with Crippen LogP contribution < -0.4 is 15.8 Å². The molecule has 4 rings (SSSR count). The van der Waals surface area contributed by atoms with Crippen molar-refractivity contribution in [2.24, 2.45) is 0 Å². The maximum Gasteiger partial charge on any atom is 0.271 e. The number of nitrogens with one attached hydrogen (secondary N) is 2. The first-order chi connectivity index (χ1) is 14.6. The summed E-state index contributed by atoms with van der Waals surface area (Å²) in [5.74, 6) is -0.184. The molecule has 3 aromatic heterocycles. The van der Waals surface area contributed by atoms with Gasteiger partial charge in [0.1, 0.15) is 16.9 Å². The van der Waals surface area contributed by atoms with E-state index >= 15 is 0 Å². The lowest BCUT2D eigenvalue weighted by Crippen LogP contribution is -2.46. The predicted molar refractivity (Wildman–Crippen MR) is 115 cm³/mol. The highest BCUT2D eigenvalue weighted by Gasteiger charge is 2.19. The van der Waals surface area contributed by atoms with Crippen molar-refractivity contribution in [2.75, 3.05) is 38.1 Å². The third kappa shape index (κ3) is 4.16. The summed E-state index contributed by atoms with van der Waals surface area (Å²) in [5, 5.41) is 2.58. The summed E-state index contributed by atoms with van der Waals surface area (Å²) in [5.41, 5.74) is 3.96. The van der Waals surface area contributed by atoms with E-state index in [1.807, 2.05) is 25.1 Å². The molecule has 1 fully saturated rings. The van der Waals surface area contributed by atoms with Crippen molar-refractivity contribution in [1.29, 1.82) is 0 Å². The molecule has 1 aliphatic heterocycles. The molecule has 0 atom stereocenters. The van der Waals surface area contributed by atoms with Crippen molar-refractivity contribution in [3.05, 3.63) is 57.9 Å². The molecule has 3 aromatic rings. The van der Waals surface area contributed by atoms with Gasteiger partial charge in [-0.3, -0.25) is 14.5 Å². The minimum Gasteiger partial charge on any atom is -0.368 e. The lowest BCUT2D eigenvalue weighted by Gasteiger charge is -2.35. The number of hydrogen-bond acceptors (Lipinski definition) is 7. The number of H-pyrrole nitrogens is 1. The van der Waals surface area contributed by atoms with Gasteiger partial charge in [0, 0.05) is 39.8 Å². The second-order valence-electron chi connectivity index (χ2n) is 7.28. The molecule has 1 amide bonds. The standard InChI is InChI=1S/C21H25N7O2/c1-3-16-21(30)26-19-17(25-16)6-4-14(24-19)13-27-8-10-28(11-9-27)15-5-7-18(23-12-15)20(29)22-2/h4-7,12H,3,8-11,13H2,1-2H3,(H,22,29)(H,24,26,30). The third-order valence-electron chi connectivity index (χ3n) is 5.35. The van der Waals surface area contributed by atoms with Crippen molar-refractivity contribution in [3.8, 4) is 0 Å². The van der Waals surface area contributed by atoms with Crippen LogP contribution in [-0.4, -0.2) is 64.0 Å². The summed E-state index contributed by atoms with van der Waals surface area (Å²) >= 11 is 0. The summed E-state index contributed by atoms with van der Waals surface area (Å²) in [4.78, 5) is 44.3. The molecule has 0 radical (unpaired) electrons. The second-order valence-corrected chi connectivity index (χ2v) is 7.28. The quantitative estimate of drug-likeness (QED) is 0.649. The van der Waals surface area contributed by atoms with Crippen LogP contribution in [0.5, 0.6) is 0 Å². The number of aromatic nitrogens is 4. The highest BCUT2D eigenvalue weighted by molar-refractivity contribution is 5.92. The van der Waals surface area contributed by atoms with E-state index in [9.17, 15) is 9.59 Å². The third-order valence-corrected chi connectivity index (χ3v) is 5.35. The zero-order valence-electron chi connectivity index (χ0n) is 17.2. The second kappa shape index (κ2) is 8.58. The van der Waals surface area contributed by atoms with Crippen molar-refractivity contribution in [2.45, 2.75) is 19.9 Å². The summed E-state index contributed by atoms with van der Waals surface area (Å²) < 4.78 is 0. The number of nitrogens with zero attached hydrogens (tertiary/aromatic N) is 5. The molecule has 0 saturated carbocycles. The number of fused-ring (bicyclic) bond motifs is 1. The van der Waals surface area contributed by atoms with E-state index in [-0.39, 0.29) is 11.5 Å². The molecule has 30 heavy (non-hydrogen) atoms. The number of rotatable bonds is 5. The number of amides is 1. The molecule has 0 bridgehead atoms.